The summed E-state index contributed by atoms with van der Waals surface area (Å²) in [6, 6.07) is 7.58. The third kappa shape index (κ3) is 4.46. The van der Waals surface area contributed by atoms with Crippen molar-refractivity contribution in [3.8, 4) is 17.6 Å². The van der Waals surface area contributed by atoms with Gasteiger partial charge in [-0.2, -0.15) is 11.8 Å². The van der Waals surface area contributed by atoms with Gasteiger partial charge in [0.15, 0.2) is 0 Å². The van der Waals surface area contributed by atoms with Crippen LogP contribution < -0.4 is 10.5 Å². The minimum absolute atomic E-state index is 0.493. The predicted octanol–water partition coefficient (Wildman–Crippen LogP) is 1.63. The van der Waals surface area contributed by atoms with Gasteiger partial charge in [-0.25, -0.2) is 0 Å². The topological polar surface area (TPSA) is 55.5 Å². The van der Waals surface area contributed by atoms with Gasteiger partial charge in [0.2, 0.25) is 0 Å². The zero-order chi connectivity index (χ0) is 13.6. The fourth-order valence-corrected chi connectivity index (χ4v) is 3.03. The highest BCUT2D eigenvalue weighted by Crippen LogP contribution is 2.26. The van der Waals surface area contributed by atoms with Gasteiger partial charge in [-0.05, 0) is 42.5 Å². The Bertz CT molecular complexity index is 473. The fourth-order valence-electron chi connectivity index (χ4n) is 1.86. The number of hydrogen-bond acceptors (Lipinski definition) is 4. The predicted molar refractivity (Wildman–Crippen MR) is 79.4 cm³/mol. The molecule has 3 N–H and O–H groups in total. The number of ether oxygens (including phenoxy) is 1. The maximum atomic E-state index is 10.3. The first-order chi connectivity index (χ1) is 9.22. The van der Waals surface area contributed by atoms with Crippen LogP contribution >= 0.6 is 11.8 Å². The second kappa shape index (κ2) is 6.85. The van der Waals surface area contributed by atoms with Crippen molar-refractivity contribution in [2.75, 3.05) is 24.7 Å². The number of nitrogens with two attached hydrogens (primary N) is 1. The lowest BCUT2D eigenvalue weighted by Gasteiger charge is -2.26. The normalized spacial score (nSPS) is 17.4. The van der Waals surface area contributed by atoms with Gasteiger partial charge in [0.05, 0.1) is 0 Å². The molecule has 0 spiro atoms. The lowest BCUT2D eigenvalue weighted by molar-refractivity contribution is 0.0927. The lowest BCUT2D eigenvalue weighted by atomic mass is 9.97. The van der Waals surface area contributed by atoms with Gasteiger partial charge >= 0.3 is 0 Å². The van der Waals surface area contributed by atoms with E-state index in [-0.39, 0.29) is 0 Å². The fraction of sp³-hybridized carbons (Fsp3) is 0.467. The highest BCUT2D eigenvalue weighted by Gasteiger charge is 2.26. The molecule has 0 aliphatic carbocycles. The number of benzene rings is 1. The molecular formula is C15H19NO2S. The standard InChI is InChI=1S/C15H19NO2S/c16-8-9-18-14-3-1-2-13(12-14)4-5-15(17)6-10-19-11-7-15/h1-3,12,17H,6-11,16H2. The van der Waals surface area contributed by atoms with E-state index in [4.69, 9.17) is 10.5 Å². The van der Waals surface area contributed by atoms with Crippen molar-refractivity contribution >= 4 is 11.8 Å². The molecule has 4 heteroatoms. The average molecular weight is 277 g/mol. The van der Waals surface area contributed by atoms with Gasteiger partial charge in [-0.3, -0.25) is 0 Å². The maximum absolute atomic E-state index is 10.3. The molecule has 19 heavy (non-hydrogen) atoms. The molecule has 1 saturated heterocycles. The van der Waals surface area contributed by atoms with Gasteiger partial charge in [0.1, 0.15) is 18.0 Å². The minimum Gasteiger partial charge on any atom is -0.492 e. The van der Waals surface area contributed by atoms with Crippen LogP contribution in [0.15, 0.2) is 24.3 Å². The molecule has 0 atom stereocenters. The Hall–Kier alpha value is -1.15. The third-order valence-corrected chi connectivity index (χ3v) is 3.97. The molecule has 3 nitrogen and oxygen atoms in total. The number of aliphatic hydroxyl groups is 1. The van der Waals surface area contributed by atoms with Gasteiger partial charge < -0.3 is 15.6 Å². The summed E-state index contributed by atoms with van der Waals surface area (Å²) >= 11 is 1.87. The molecule has 1 aromatic rings. The second-order valence-electron chi connectivity index (χ2n) is 4.56. The van der Waals surface area contributed by atoms with Gasteiger partial charge in [-0.1, -0.05) is 17.9 Å². The largest absolute Gasteiger partial charge is 0.492 e. The van der Waals surface area contributed by atoms with Crippen LogP contribution in [0.3, 0.4) is 0 Å². The quantitative estimate of drug-likeness (QED) is 0.825. The maximum Gasteiger partial charge on any atom is 0.127 e. The Morgan fingerprint density at radius 3 is 2.89 bits per heavy atom. The van der Waals surface area contributed by atoms with Crippen molar-refractivity contribution < 1.29 is 9.84 Å². The number of hydrogen-bond donors (Lipinski definition) is 2. The second-order valence-corrected chi connectivity index (χ2v) is 5.78. The first kappa shape index (κ1) is 14.3. The molecule has 1 fully saturated rings. The number of thioether (sulfide) groups is 1. The summed E-state index contributed by atoms with van der Waals surface area (Å²) in [6.07, 6.45) is 1.49. The summed E-state index contributed by atoms with van der Waals surface area (Å²) in [6.45, 7) is 0.991. The van der Waals surface area contributed by atoms with Crippen LogP contribution in [0.1, 0.15) is 18.4 Å². The summed E-state index contributed by atoms with van der Waals surface area (Å²) in [7, 11) is 0. The highest BCUT2D eigenvalue weighted by molar-refractivity contribution is 7.99. The highest BCUT2D eigenvalue weighted by atomic mass is 32.2. The molecule has 0 bridgehead atoms. The van der Waals surface area contributed by atoms with Crippen LogP contribution in [0.25, 0.3) is 0 Å². The van der Waals surface area contributed by atoms with E-state index in [9.17, 15) is 5.11 Å². The van der Waals surface area contributed by atoms with E-state index in [2.05, 4.69) is 11.8 Å². The Labute approximate surface area is 118 Å². The third-order valence-electron chi connectivity index (χ3n) is 2.98. The summed E-state index contributed by atoms with van der Waals surface area (Å²) in [5, 5.41) is 10.3. The number of rotatable bonds is 3. The molecule has 102 valence electrons. The van der Waals surface area contributed by atoms with Crippen LogP contribution in [0, 0.1) is 11.8 Å². The van der Waals surface area contributed by atoms with E-state index < -0.39 is 5.60 Å². The Balaban J connectivity index is 2.06. The SMILES string of the molecule is NCCOc1cccc(C#CC2(O)CCSCC2)c1. The first-order valence-electron chi connectivity index (χ1n) is 6.48. The molecule has 0 saturated carbocycles. The van der Waals surface area contributed by atoms with Crippen LogP contribution in [0.4, 0.5) is 0 Å². The van der Waals surface area contributed by atoms with Crippen molar-refractivity contribution in [2.24, 2.45) is 5.73 Å². The summed E-state index contributed by atoms with van der Waals surface area (Å²) < 4.78 is 5.45. The molecule has 2 rings (SSSR count). The molecule has 0 amide bonds. The molecule has 1 aromatic carbocycles. The zero-order valence-corrected chi connectivity index (χ0v) is 11.7. The molecule has 1 aliphatic rings. The van der Waals surface area contributed by atoms with E-state index in [1.165, 1.54) is 0 Å². The van der Waals surface area contributed by atoms with E-state index in [1.54, 1.807) is 0 Å². The van der Waals surface area contributed by atoms with Crippen molar-refractivity contribution in [1.29, 1.82) is 0 Å². The summed E-state index contributed by atoms with van der Waals surface area (Å²) in [5.74, 6) is 8.78. The van der Waals surface area contributed by atoms with Crippen molar-refractivity contribution in [1.82, 2.24) is 0 Å². The lowest BCUT2D eigenvalue weighted by Crippen LogP contribution is -2.31. The smallest absolute Gasteiger partial charge is 0.127 e. The molecule has 0 aromatic heterocycles. The van der Waals surface area contributed by atoms with E-state index in [1.807, 2.05) is 36.0 Å². The Morgan fingerprint density at radius 1 is 1.37 bits per heavy atom. The molecule has 0 unspecified atom stereocenters. The zero-order valence-electron chi connectivity index (χ0n) is 10.9. The van der Waals surface area contributed by atoms with Gasteiger partial charge in [0.25, 0.3) is 0 Å². The van der Waals surface area contributed by atoms with E-state index in [0.29, 0.717) is 13.2 Å². The van der Waals surface area contributed by atoms with Crippen LogP contribution in [-0.4, -0.2) is 35.4 Å². The summed E-state index contributed by atoms with van der Waals surface area (Å²) in [4.78, 5) is 0. The van der Waals surface area contributed by atoms with Gasteiger partial charge in [0, 0.05) is 12.1 Å². The van der Waals surface area contributed by atoms with Gasteiger partial charge in [-0.15, -0.1) is 0 Å². The van der Waals surface area contributed by atoms with Crippen molar-refractivity contribution in [2.45, 2.75) is 18.4 Å². The molecule has 1 aliphatic heterocycles. The van der Waals surface area contributed by atoms with Crippen LogP contribution in [0.5, 0.6) is 5.75 Å². The average Bonchev–Trinajstić information content (AvgIpc) is 2.44. The van der Waals surface area contributed by atoms with E-state index >= 15 is 0 Å². The van der Waals surface area contributed by atoms with Crippen molar-refractivity contribution in [3.63, 3.8) is 0 Å². The first-order valence-corrected chi connectivity index (χ1v) is 7.64. The monoisotopic (exact) mass is 277 g/mol. The molecule has 1 heterocycles. The minimum atomic E-state index is -0.820. The Morgan fingerprint density at radius 2 is 2.16 bits per heavy atom. The van der Waals surface area contributed by atoms with Crippen molar-refractivity contribution in [3.05, 3.63) is 29.8 Å². The van der Waals surface area contributed by atoms with E-state index in [0.717, 1.165) is 35.7 Å². The molecule has 0 radical (unpaired) electrons. The van der Waals surface area contributed by atoms with Crippen LogP contribution in [-0.2, 0) is 0 Å². The Kier molecular flexibility index (Phi) is 5.15. The van der Waals surface area contributed by atoms with Crippen LogP contribution in [0.2, 0.25) is 0 Å². The molecular weight excluding hydrogens is 258 g/mol. The summed E-state index contributed by atoms with van der Waals surface area (Å²) in [5.41, 5.74) is 5.44.